The van der Waals surface area contributed by atoms with Crippen LogP contribution < -0.4 is 10.5 Å². The fourth-order valence-electron chi connectivity index (χ4n) is 3.36. The summed E-state index contributed by atoms with van der Waals surface area (Å²) in [5, 5.41) is 0.978. The van der Waals surface area contributed by atoms with Gasteiger partial charge in [0.2, 0.25) is 5.56 Å². The Bertz CT molecular complexity index is 1240. The monoisotopic (exact) mass is 408 g/mol. The van der Waals surface area contributed by atoms with Gasteiger partial charge in [-0.05, 0) is 29.7 Å². The maximum Gasteiger partial charge on any atom is 0.248 e. The van der Waals surface area contributed by atoms with E-state index in [2.05, 4.69) is 15.0 Å². The molecule has 146 valence electrons. The highest BCUT2D eigenvalue weighted by Gasteiger charge is 2.15. The number of anilines is 1. The minimum atomic E-state index is -0.461. The number of fused-ring (bicyclic) bond motifs is 1. The van der Waals surface area contributed by atoms with E-state index in [1.807, 2.05) is 36.1 Å². The summed E-state index contributed by atoms with van der Waals surface area (Å²) in [6.45, 7) is 2.94. The highest BCUT2D eigenvalue weighted by Crippen LogP contribution is 2.24. The Hall–Kier alpha value is -3.25. The van der Waals surface area contributed by atoms with Crippen molar-refractivity contribution in [2.45, 2.75) is 20.0 Å². The molecule has 5 nitrogen and oxygen atoms in total. The standard InChI is InChI=1S/C22H18ClFN4O/c1-14-5-2-3-6-15(14)11-28(20-10-19(23)25-13-26-20)12-16-9-21(29)27-22-17(16)7-4-8-18(22)24/h2-10,13H,11-12H2,1H3,(H,27,29). The van der Waals surface area contributed by atoms with Crippen LogP contribution in [-0.4, -0.2) is 15.0 Å². The van der Waals surface area contributed by atoms with E-state index < -0.39 is 5.82 Å². The molecule has 0 aliphatic heterocycles. The van der Waals surface area contributed by atoms with E-state index in [0.717, 1.165) is 11.1 Å². The predicted molar refractivity (Wildman–Crippen MR) is 113 cm³/mol. The van der Waals surface area contributed by atoms with Crippen LogP contribution in [0.4, 0.5) is 10.2 Å². The van der Waals surface area contributed by atoms with Crippen LogP contribution in [0.3, 0.4) is 0 Å². The maximum absolute atomic E-state index is 14.2. The van der Waals surface area contributed by atoms with E-state index in [9.17, 15) is 9.18 Å². The van der Waals surface area contributed by atoms with Crippen LogP contribution in [-0.2, 0) is 13.1 Å². The molecule has 4 rings (SSSR count). The van der Waals surface area contributed by atoms with Crippen LogP contribution in [0, 0.1) is 12.7 Å². The van der Waals surface area contributed by atoms with Gasteiger partial charge in [0, 0.05) is 30.6 Å². The van der Waals surface area contributed by atoms with Crippen LogP contribution in [0.15, 0.2) is 65.7 Å². The number of aromatic amines is 1. The zero-order valence-corrected chi connectivity index (χ0v) is 16.4. The summed E-state index contributed by atoms with van der Waals surface area (Å²) in [6.07, 6.45) is 1.40. The van der Waals surface area contributed by atoms with Crippen LogP contribution in [0.25, 0.3) is 10.9 Å². The zero-order valence-electron chi connectivity index (χ0n) is 15.7. The van der Waals surface area contributed by atoms with E-state index in [0.29, 0.717) is 35.0 Å². The molecule has 0 saturated carbocycles. The van der Waals surface area contributed by atoms with Crippen molar-refractivity contribution in [3.05, 3.63) is 98.9 Å². The summed E-state index contributed by atoms with van der Waals surface area (Å²) in [5.74, 6) is 0.162. The highest BCUT2D eigenvalue weighted by atomic mass is 35.5. The quantitative estimate of drug-likeness (QED) is 0.489. The zero-order chi connectivity index (χ0) is 20.4. The van der Waals surface area contributed by atoms with E-state index in [1.54, 1.807) is 18.2 Å². The summed E-state index contributed by atoms with van der Waals surface area (Å²) in [7, 11) is 0. The number of halogens is 2. The van der Waals surface area contributed by atoms with Crippen molar-refractivity contribution in [2.24, 2.45) is 0 Å². The van der Waals surface area contributed by atoms with Crippen molar-refractivity contribution in [1.29, 1.82) is 0 Å². The molecule has 2 aromatic carbocycles. The molecule has 0 amide bonds. The summed E-state index contributed by atoms with van der Waals surface area (Å²) in [6, 6.07) is 16.0. The first kappa shape index (κ1) is 19.1. The number of hydrogen-bond acceptors (Lipinski definition) is 4. The number of rotatable bonds is 5. The van der Waals surface area contributed by atoms with Crippen LogP contribution in [0.1, 0.15) is 16.7 Å². The average Bonchev–Trinajstić information content (AvgIpc) is 2.70. The first-order valence-corrected chi connectivity index (χ1v) is 9.46. The van der Waals surface area contributed by atoms with E-state index in [4.69, 9.17) is 11.6 Å². The lowest BCUT2D eigenvalue weighted by molar-refractivity contribution is 0.636. The average molecular weight is 409 g/mol. The van der Waals surface area contributed by atoms with Gasteiger partial charge in [-0.3, -0.25) is 4.79 Å². The van der Waals surface area contributed by atoms with Crippen molar-refractivity contribution in [3.8, 4) is 0 Å². The fourth-order valence-corrected chi connectivity index (χ4v) is 3.50. The smallest absolute Gasteiger partial charge is 0.248 e. The number of nitrogens with zero attached hydrogens (tertiary/aromatic N) is 3. The summed E-state index contributed by atoms with van der Waals surface area (Å²) < 4.78 is 14.2. The van der Waals surface area contributed by atoms with Crippen molar-refractivity contribution >= 4 is 28.3 Å². The number of aromatic nitrogens is 3. The van der Waals surface area contributed by atoms with Gasteiger partial charge >= 0.3 is 0 Å². The van der Waals surface area contributed by atoms with Gasteiger partial charge in [0.15, 0.2) is 0 Å². The topological polar surface area (TPSA) is 61.9 Å². The maximum atomic E-state index is 14.2. The van der Waals surface area contributed by atoms with E-state index >= 15 is 0 Å². The number of hydrogen-bond donors (Lipinski definition) is 1. The molecule has 0 saturated heterocycles. The molecule has 0 fully saturated rings. The van der Waals surface area contributed by atoms with Crippen LogP contribution in [0.2, 0.25) is 5.15 Å². The molecule has 0 atom stereocenters. The van der Waals surface area contributed by atoms with Crippen LogP contribution >= 0.6 is 11.6 Å². The number of H-pyrrole nitrogens is 1. The van der Waals surface area contributed by atoms with Crippen molar-refractivity contribution in [1.82, 2.24) is 15.0 Å². The van der Waals surface area contributed by atoms with Crippen molar-refractivity contribution in [2.75, 3.05) is 4.90 Å². The third kappa shape index (κ3) is 4.12. The number of aryl methyl sites for hydroxylation is 1. The van der Waals surface area contributed by atoms with Gasteiger partial charge in [-0.2, -0.15) is 0 Å². The Morgan fingerprint density at radius 1 is 1.03 bits per heavy atom. The number of pyridine rings is 1. The van der Waals surface area contributed by atoms with E-state index in [-0.39, 0.29) is 11.1 Å². The Kier molecular flexibility index (Phi) is 5.27. The number of benzene rings is 2. The van der Waals surface area contributed by atoms with Gasteiger partial charge in [0.05, 0.1) is 5.52 Å². The summed E-state index contributed by atoms with van der Waals surface area (Å²) in [4.78, 5) is 25.0. The molecule has 0 aliphatic carbocycles. The van der Waals surface area contributed by atoms with Crippen molar-refractivity contribution in [3.63, 3.8) is 0 Å². The first-order chi connectivity index (χ1) is 14.0. The molecule has 0 unspecified atom stereocenters. The third-order valence-electron chi connectivity index (χ3n) is 4.84. The largest absolute Gasteiger partial charge is 0.348 e. The Balaban J connectivity index is 1.80. The molecule has 1 N–H and O–H groups in total. The lowest BCUT2D eigenvalue weighted by Gasteiger charge is -2.25. The minimum Gasteiger partial charge on any atom is -0.348 e. The molecular weight excluding hydrogens is 391 g/mol. The number of nitrogens with one attached hydrogen (secondary N) is 1. The molecule has 2 heterocycles. The fraction of sp³-hybridized carbons (Fsp3) is 0.136. The molecular formula is C22H18ClFN4O. The SMILES string of the molecule is Cc1ccccc1CN(Cc1cc(=O)[nH]c2c(F)cccc12)c1cc(Cl)ncn1. The summed E-state index contributed by atoms with van der Waals surface area (Å²) >= 11 is 6.08. The van der Waals surface area contributed by atoms with Crippen LogP contribution in [0.5, 0.6) is 0 Å². The van der Waals surface area contributed by atoms with E-state index in [1.165, 1.54) is 18.5 Å². The van der Waals surface area contributed by atoms with Gasteiger partial charge in [0.1, 0.15) is 23.1 Å². The van der Waals surface area contributed by atoms with Gasteiger partial charge in [-0.15, -0.1) is 0 Å². The first-order valence-electron chi connectivity index (χ1n) is 9.08. The van der Waals surface area contributed by atoms with Gasteiger partial charge in [-0.1, -0.05) is 48.0 Å². The molecule has 4 aromatic rings. The second-order valence-corrected chi connectivity index (χ2v) is 7.19. The Morgan fingerprint density at radius 2 is 1.83 bits per heavy atom. The predicted octanol–water partition coefficient (Wildman–Crippen LogP) is 4.63. The molecule has 7 heteroatoms. The van der Waals surface area contributed by atoms with Gasteiger partial charge in [-0.25, -0.2) is 14.4 Å². The minimum absolute atomic E-state index is 0.201. The number of para-hydroxylation sites is 1. The molecule has 0 radical (unpaired) electrons. The highest BCUT2D eigenvalue weighted by molar-refractivity contribution is 6.29. The van der Waals surface area contributed by atoms with Crippen molar-refractivity contribution < 1.29 is 4.39 Å². The molecule has 0 spiro atoms. The van der Waals surface area contributed by atoms with Gasteiger partial charge in [0.25, 0.3) is 0 Å². The molecule has 0 aliphatic rings. The molecule has 29 heavy (non-hydrogen) atoms. The van der Waals surface area contributed by atoms with Gasteiger partial charge < -0.3 is 9.88 Å². The normalized spacial score (nSPS) is 11.0. The lowest BCUT2D eigenvalue weighted by Crippen LogP contribution is -2.25. The molecule has 0 bridgehead atoms. The Morgan fingerprint density at radius 3 is 2.62 bits per heavy atom. The Labute approximate surface area is 171 Å². The summed E-state index contributed by atoms with van der Waals surface area (Å²) in [5.41, 5.74) is 2.80. The second kappa shape index (κ2) is 8.01. The lowest BCUT2D eigenvalue weighted by atomic mass is 10.1. The third-order valence-corrected chi connectivity index (χ3v) is 5.05. The molecule has 2 aromatic heterocycles. The second-order valence-electron chi connectivity index (χ2n) is 6.80.